The van der Waals surface area contributed by atoms with E-state index in [1.165, 1.54) is 5.48 Å². The van der Waals surface area contributed by atoms with E-state index in [0.717, 1.165) is 5.56 Å². The summed E-state index contributed by atoms with van der Waals surface area (Å²) in [5.41, 5.74) is 8.28. The molecule has 2 amide bonds. The predicted octanol–water partition coefficient (Wildman–Crippen LogP) is 1.20. The molecule has 0 radical (unpaired) electrons. The lowest BCUT2D eigenvalue weighted by molar-refractivity contribution is -0.131. The second-order valence-corrected chi connectivity index (χ2v) is 5.74. The Morgan fingerprint density at radius 2 is 1.83 bits per heavy atom. The molecule has 0 saturated heterocycles. The average Bonchev–Trinajstić information content (AvgIpc) is 2.55. The Hall–Kier alpha value is -2.62. The molecule has 6 nitrogen and oxygen atoms in total. The van der Waals surface area contributed by atoms with E-state index in [1.54, 1.807) is 37.3 Å². The second kappa shape index (κ2) is 9.50. The highest BCUT2D eigenvalue weighted by Gasteiger charge is 2.24. The van der Waals surface area contributed by atoms with Crippen molar-refractivity contribution in [2.24, 2.45) is 11.7 Å². The van der Waals surface area contributed by atoms with E-state index in [4.69, 9.17) is 10.9 Å². The number of carbonyl (C=O) groups excluding carboxylic acids is 2. The second-order valence-electron chi connectivity index (χ2n) is 5.74. The fourth-order valence-corrected chi connectivity index (χ4v) is 1.80. The molecular formula is C18H23N3O3. The highest BCUT2D eigenvalue weighted by atomic mass is 16.5. The van der Waals surface area contributed by atoms with Gasteiger partial charge in [0.15, 0.2) is 0 Å². The van der Waals surface area contributed by atoms with Gasteiger partial charge in [0.1, 0.15) is 6.04 Å². The van der Waals surface area contributed by atoms with Crippen LogP contribution in [-0.4, -0.2) is 29.1 Å². The zero-order valence-electron chi connectivity index (χ0n) is 14.0. The van der Waals surface area contributed by atoms with Crippen molar-refractivity contribution in [1.29, 1.82) is 0 Å². The van der Waals surface area contributed by atoms with Crippen LogP contribution < -0.4 is 16.5 Å². The third-order valence-electron chi connectivity index (χ3n) is 3.13. The van der Waals surface area contributed by atoms with Crippen LogP contribution in [0.5, 0.6) is 0 Å². The van der Waals surface area contributed by atoms with Crippen LogP contribution in [0.1, 0.15) is 36.7 Å². The number of nitrogens with one attached hydrogen (secondary N) is 2. The van der Waals surface area contributed by atoms with Crippen molar-refractivity contribution in [3.05, 3.63) is 47.5 Å². The number of carbonyl (C=O) groups is 2. The van der Waals surface area contributed by atoms with Gasteiger partial charge in [0, 0.05) is 17.2 Å². The van der Waals surface area contributed by atoms with Crippen LogP contribution in [0.3, 0.4) is 0 Å². The van der Waals surface area contributed by atoms with Gasteiger partial charge in [-0.1, -0.05) is 31.8 Å². The van der Waals surface area contributed by atoms with E-state index >= 15 is 0 Å². The van der Waals surface area contributed by atoms with Gasteiger partial charge in [0.2, 0.25) is 0 Å². The van der Waals surface area contributed by atoms with Gasteiger partial charge in [0.25, 0.3) is 11.8 Å². The molecule has 24 heavy (non-hydrogen) atoms. The molecule has 0 spiro atoms. The molecule has 1 aromatic rings. The minimum absolute atomic E-state index is 0.370. The molecule has 0 heterocycles. The maximum atomic E-state index is 12.2. The van der Waals surface area contributed by atoms with Crippen LogP contribution in [0, 0.1) is 17.8 Å². The Morgan fingerprint density at radius 1 is 1.21 bits per heavy atom. The first-order chi connectivity index (χ1) is 11.3. The quantitative estimate of drug-likeness (QED) is 0.370. The normalized spacial score (nSPS) is 13.1. The smallest absolute Gasteiger partial charge is 0.267 e. The molecule has 1 rings (SSSR count). The van der Waals surface area contributed by atoms with E-state index in [9.17, 15) is 9.59 Å². The lowest BCUT2D eigenvalue weighted by Gasteiger charge is -2.19. The van der Waals surface area contributed by atoms with Gasteiger partial charge in [-0.3, -0.25) is 14.8 Å². The zero-order valence-corrected chi connectivity index (χ0v) is 14.0. The zero-order chi connectivity index (χ0) is 18.1. The summed E-state index contributed by atoms with van der Waals surface area (Å²) in [6, 6.07) is 4.99. The first-order valence-electron chi connectivity index (χ1n) is 7.63. The molecule has 0 aromatic heterocycles. The van der Waals surface area contributed by atoms with Gasteiger partial charge in [-0.05, 0) is 43.2 Å². The lowest BCUT2D eigenvalue weighted by atomic mass is 10.1. The molecule has 128 valence electrons. The molecule has 0 aliphatic heterocycles. The van der Waals surface area contributed by atoms with Gasteiger partial charge >= 0.3 is 0 Å². The van der Waals surface area contributed by atoms with Crippen molar-refractivity contribution < 1.29 is 14.8 Å². The first-order valence-corrected chi connectivity index (χ1v) is 7.63. The predicted molar refractivity (Wildman–Crippen MR) is 92.1 cm³/mol. The molecule has 0 unspecified atom stereocenters. The fourth-order valence-electron chi connectivity index (χ4n) is 1.80. The molecule has 6 heteroatoms. The Bertz CT molecular complexity index is 652. The molecule has 0 saturated carbocycles. The van der Waals surface area contributed by atoms with Gasteiger partial charge in [-0.15, -0.1) is 0 Å². The number of hydroxylamine groups is 1. The van der Waals surface area contributed by atoms with Crippen LogP contribution in [0.4, 0.5) is 0 Å². The van der Waals surface area contributed by atoms with Gasteiger partial charge in [-0.2, -0.15) is 0 Å². The van der Waals surface area contributed by atoms with Crippen LogP contribution in [0.25, 0.3) is 0 Å². The molecule has 0 bridgehead atoms. The minimum atomic E-state index is -1.02. The standard InChI is InChI=1S/C18H23N3O3/c1-12(2)6-4-5-7-14-8-10-15(11-9-14)17(22)20-16(13(3)19)18(23)21-24/h4,6,8-13,16,24H,19H2,1-3H3,(H,20,22)(H,21,23)/b6-4+/t13-,16+/m1/s1. The average molecular weight is 329 g/mol. The first kappa shape index (κ1) is 19.4. The molecular weight excluding hydrogens is 306 g/mol. The highest BCUT2D eigenvalue weighted by molar-refractivity contribution is 5.97. The molecule has 0 fully saturated rings. The van der Waals surface area contributed by atoms with Gasteiger partial charge in [0.05, 0.1) is 0 Å². The number of benzene rings is 1. The van der Waals surface area contributed by atoms with E-state index in [-0.39, 0.29) is 0 Å². The topological polar surface area (TPSA) is 104 Å². The van der Waals surface area contributed by atoms with Crippen LogP contribution >= 0.6 is 0 Å². The van der Waals surface area contributed by atoms with Crippen LogP contribution in [0.2, 0.25) is 0 Å². The summed E-state index contributed by atoms with van der Waals surface area (Å²) >= 11 is 0. The molecule has 5 N–H and O–H groups in total. The van der Waals surface area contributed by atoms with Crippen LogP contribution in [0.15, 0.2) is 36.4 Å². The maximum Gasteiger partial charge on any atom is 0.267 e. The van der Waals surface area contributed by atoms with Gasteiger partial charge < -0.3 is 11.1 Å². The number of amides is 2. The summed E-state index contributed by atoms with van der Waals surface area (Å²) in [5.74, 6) is 5.11. The molecule has 2 atom stereocenters. The van der Waals surface area contributed by atoms with Crippen molar-refractivity contribution in [3.63, 3.8) is 0 Å². The number of hydrogen-bond acceptors (Lipinski definition) is 4. The summed E-state index contributed by atoms with van der Waals surface area (Å²) in [4.78, 5) is 23.6. The number of hydrogen-bond donors (Lipinski definition) is 4. The van der Waals surface area contributed by atoms with E-state index in [2.05, 4.69) is 31.0 Å². The van der Waals surface area contributed by atoms with Gasteiger partial charge in [-0.25, -0.2) is 5.48 Å². The third-order valence-corrected chi connectivity index (χ3v) is 3.13. The SMILES string of the molecule is CC(C)/C=C/C#Cc1ccc(C(=O)N[C@H](C(=O)NO)[C@@H](C)N)cc1. The Kier molecular flexibility index (Phi) is 7.69. The monoisotopic (exact) mass is 329 g/mol. The third kappa shape index (κ3) is 6.24. The largest absolute Gasteiger partial charge is 0.339 e. The summed E-state index contributed by atoms with van der Waals surface area (Å²) in [6.45, 7) is 5.69. The van der Waals surface area contributed by atoms with Crippen molar-refractivity contribution in [2.45, 2.75) is 32.9 Å². The minimum Gasteiger partial charge on any atom is -0.339 e. The number of rotatable bonds is 5. The highest BCUT2D eigenvalue weighted by Crippen LogP contribution is 2.04. The Labute approximate surface area is 142 Å². The summed E-state index contributed by atoms with van der Waals surface area (Å²) in [5, 5.41) is 11.2. The molecule has 0 aliphatic carbocycles. The lowest BCUT2D eigenvalue weighted by Crippen LogP contribution is -2.54. The van der Waals surface area contributed by atoms with E-state index in [0.29, 0.717) is 11.5 Å². The van der Waals surface area contributed by atoms with E-state index < -0.39 is 23.9 Å². The van der Waals surface area contributed by atoms with Crippen molar-refractivity contribution in [2.75, 3.05) is 0 Å². The molecule has 0 aliphatic rings. The van der Waals surface area contributed by atoms with E-state index in [1.807, 2.05) is 6.08 Å². The summed E-state index contributed by atoms with van der Waals surface area (Å²) in [6.07, 6.45) is 3.79. The van der Waals surface area contributed by atoms with Crippen molar-refractivity contribution in [1.82, 2.24) is 10.8 Å². The number of nitrogens with two attached hydrogens (primary N) is 1. The number of allylic oxidation sites excluding steroid dienone is 2. The van der Waals surface area contributed by atoms with Crippen molar-refractivity contribution in [3.8, 4) is 11.8 Å². The maximum absolute atomic E-state index is 12.2. The Balaban J connectivity index is 2.77. The fraction of sp³-hybridized carbons (Fsp3) is 0.333. The summed E-state index contributed by atoms with van der Waals surface area (Å²) in [7, 11) is 0. The van der Waals surface area contributed by atoms with Crippen molar-refractivity contribution >= 4 is 11.8 Å². The Morgan fingerprint density at radius 3 is 2.33 bits per heavy atom. The van der Waals surface area contributed by atoms with Crippen LogP contribution in [-0.2, 0) is 4.79 Å². The summed E-state index contributed by atoms with van der Waals surface area (Å²) < 4.78 is 0. The molecule has 1 aromatic carbocycles.